The van der Waals surface area contributed by atoms with E-state index in [1.807, 2.05) is 18.2 Å². The van der Waals surface area contributed by atoms with E-state index in [0.29, 0.717) is 6.61 Å². The van der Waals surface area contributed by atoms with Crippen LogP contribution in [0.2, 0.25) is 0 Å². The maximum Gasteiger partial charge on any atom is 0.190 e. The van der Waals surface area contributed by atoms with Crippen LogP contribution in [0.1, 0.15) is 36.1 Å². The minimum absolute atomic E-state index is 0.0982. The Kier molecular flexibility index (Phi) is 5.67. The maximum atomic E-state index is 11.5. The Morgan fingerprint density at radius 2 is 1.95 bits per heavy atom. The zero-order valence-corrected chi connectivity index (χ0v) is 14.4. The van der Waals surface area contributed by atoms with E-state index < -0.39 is 0 Å². The molecule has 0 saturated carbocycles. The van der Waals surface area contributed by atoms with Gasteiger partial charge in [0.25, 0.3) is 0 Å². The van der Waals surface area contributed by atoms with E-state index in [1.54, 1.807) is 6.92 Å². The fourth-order valence-corrected chi connectivity index (χ4v) is 3.24. The molecule has 0 aliphatic rings. The van der Waals surface area contributed by atoms with E-state index in [-0.39, 0.29) is 5.12 Å². The Morgan fingerprint density at radius 1 is 1.18 bits per heavy atom. The van der Waals surface area contributed by atoms with E-state index in [0.717, 1.165) is 28.2 Å². The highest BCUT2D eigenvalue weighted by molar-refractivity contribution is 8.13. The minimum atomic E-state index is 0.0982. The number of hydrogen-bond donors (Lipinski definition) is 0. The predicted octanol–water partition coefficient (Wildman–Crippen LogP) is 5.08. The smallest absolute Gasteiger partial charge is 0.190 e. The molecule has 2 rings (SSSR count). The number of carbonyl (C=O) groups excluding carboxylic acids is 1. The average molecular weight is 314 g/mol. The summed E-state index contributed by atoms with van der Waals surface area (Å²) in [5, 5.41) is 0.0982. The van der Waals surface area contributed by atoms with Gasteiger partial charge in [-0.25, -0.2) is 0 Å². The third-order valence-corrected chi connectivity index (χ3v) is 4.46. The van der Waals surface area contributed by atoms with Crippen molar-refractivity contribution < 1.29 is 9.53 Å². The third-order valence-electron chi connectivity index (χ3n) is 3.57. The summed E-state index contributed by atoms with van der Waals surface area (Å²) in [6.45, 7) is 8.34. The molecule has 0 unspecified atom stereocenters. The summed E-state index contributed by atoms with van der Waals surface area (Å²) in [6, 6.07) is 12.3. The lowest BCUT2D eigenvalue weighted by molar-refractivity contribution is -0.109. The quantitative estimate of drug-likeness (QED) is 0.720. The van der Waals surface area contributed by atoms with Crippen molar-refractivity contribution in [1.29, 1.82) is 0 Å². The van der Waals surface area contributed by atoms with Gasteiger partial charge in [0.2, 0.25) is 0 Å². The van der Waals surface area contributed by atoms with Gasteiger partial charge in [-0.3, -0.25) is 4.79 Å². The number of hydrogen-bond acceptors (Lipinski definition) is 3. The van der Waals surface area contributed by atoms with Crippen molar-refractivity contribution in [3.8, 4) is 5.75 Å². The maximum absolute atomic E-state index is 11.5. The minimum Gasteiger partial charge on any atom is -0.489 e. The summed E-state index contributed by atoms with van der Waals surface area (Å²) in [4.78, 5) is 12.4. The molecule has 2 aromatic carbocycles. The van der Waals surface area contributed by atoms with Crippen LogP contribution in [0.3, 0.4) is 0 Å². The van der Waals surface area contributed by atoms with Crippen LogP contribution < -0.4 is 4.74 Å². The molecule has 0 saturated heterocycles. The topological polar surface area (TPSA) is 26.3 Å². The zero-order valence-electron chi connectivity index (χ0n) is 13.6. The highest BCUT2D eigenvalue weighted by Gasteiger charge is 2.11. The van der Waals surface area contributed by atoms with Crippen molar-refractivity contribution >= 4 is 16.9 Å². The molecule has 0 aromatic heterocycles. The number of thioether (sulfide) groups is 1. The highest BCUT2D eigenvalue weighted by atomic mass is 32.2. The fourth-order valence-electron chi connectivity index (χ4n) is 2.47. The second kappa shape index (κ2) is 7.50. The highest BCUT2D eigenvalue weighted by Crippen LogP contribution is 2.28. The van der Waals surface area contributed by atoms with Gasteiger partial charge in [0, 0.05) is 17.4 Å². The van der Waals surface area contributed by atoms with Crippen molar-refractivity contribution in [3.05, 3.63) is 58.7 Å². The summed E-state index contributed by atoms with van der Waals surface area (Å²) in [5.41, 5.74) is 4.71. The lowest BCUT2D eigenvalue weighted by Gasteiger charge is -2.15. The van der Waals surface area contributed by atoms with E-state index in [1.165, 1.54) is 22.9 Å². The molecule has 0 radical (unpaired) electrons. The van der Waals surface area contributed by atoms with Gasteiger partial charge in [0.15, 0.2) is 5.12 Å². The van der Waals surface area contributed by atoms with Gasteiger partial charge < -0.3 is 4.74 Å². The summed E-state index contributed by atoms with van der Waals surface area (Å²) in [7, 11) is 0. The standard InChI is InChI=1S/C19H22O2S/c1-5-16-7-6-8-19(22-15(4)20)17(16)12-21-18-10-9-13(2)11-14(18)3/h6-11H,5,12H2,1-4H3. The van der Waals surface area contributed by atoms with Gasteiger partial charge >= 0.3 is 0 Å². The summed E-state index contributed by atoms with van der Waals surface area (Å²) < 4.78 is 6.02. The lowest BCUT2D eigenvalue weighted by Crippen LogP contribution is -2.03. The molecule has 2 nitrogen and oxygen atoms in total. The number of rotatable bonds is 5. The van der Waals surface area contributed by atoms with Crippen LogP contribution in [0.15, 0.2) is 41.3 Å². The molecular weight excluding hydrogens is 292 g/mol. The van der Waals surface area contributed by atoms with Crippen LogP contribution in [-0.4, -0.2) is 5.12 Å². The van der Waals surface area contributed by atoms with Gasteiger partial charge in [-0.2, -0.15) is 0 Å². The third kappa shape index (κ3) is 4.14. The molecule has 0 heterocycles. The number of ether oxygens (including phenoxy) is 1. The first-order valence-corrected chi connectivity index (χ1v) is 8.32. The van der Waals surface area contributed by atoms with Gasteiger partial charge in [-0.15, -0.1) is 0 Å². The number of benzene rings is 2. The van der Waals surface area contributed by atoms with E-state index in [2.05, 4.69) is 39.0 Å². The van der Waals surface area contributed by atoms with Crippen LogP contribution in [0.25, 0.3) is 0 Å². The van der Waals surface area contributed by atoms with E-state index >= 15 is 0 Å². The Bertz CT molecular complexity index is 677. The molecule has 0 N–H and O–H groups in total. The fraction of sp³-hybridized carbons (Fsp3) is 0.316. The van der Waals surface area contributed by atoms with Crippen molar-refractivity contribution in [2.45, 2.75) is 45.6 Å². The van der Waals surface area contributed by atoms with Crippen LogP contribution in [0.5, 0.6) is 5.75 Å². The molecule has 3 heteroatoms. The monoisotopic (exact) mass is 314 g/mol. The van der Waals surface area contributed by atoms with Crippen LogP contribution in [0, 0.1) is 13.8 Å². The second-order valence-corrected chi connectivity index (χ2v) is 6.62. The van der Waals surface area contributed by atoms with Crippen molar-refractivity contribution in [1.82, 2.24) is 0 Å². The SMILES string of the molecule is CCc1cccc(SC(C)=O)c1COc1ccc(C)cc1C. The van der Waals surface area contributed by atoms with Gasteiger partial charge in [-0.05, 0) is 43.5 Å². The molecule has 0 aliphatic carbocycles. The van der Waals surface area contributed by atoms with Crippen LogP contribution >= 0.6 is 11.8 Å². The Morgan fingerprint density at radius 3 is 2.59 bits per heavy atom. The Labute approximate surface area is 136 Å². The molecule has 0 bridgehead atoms. The average Bonchev–Trinajstić information content (AvgIpc) is 2.46. The first kappa shape index (κ1) is 16.6. The molecule has 0 spiro atoms. The van der Waals surface area contributed by atoms with Crippen LogP contribution in [0.4, 0.5) is 0 Å². The number of aryl methyl sites for hydroxylation is 3. The largest absolute Gasteiger partial charge is 0.489 e. The first-order chi connectivity index (χ1) is 10.5. The van der Waals surface area contributed by atoms with Gasteiger partial charge in [-0.1, -0.05) is 48.5 Å². The summed E-state index contributed by atoms with van der Waals surface area (Å²) in [5.74, 6) is 0.898. The van der Waals surface area contributed by atoms with E-state index in [4.69, 9.17) is 4.74 Å². The second-order valence-electron chi connectivity index (χ2n) is 5.40. The van der Waals surface area contributed by atoms with E-state index in [9.17, 15) is 4.79 Å². The molecule has 0 atom stereocenters. The molecule has 22 heavy (non-hydrogen) atoms. The molecule has 0 aliphatic heterocycles. The van der Waals surface area contributed by atoms with Gasteiger partial charge in [0.1, 0.15) is 12.4 Å². The lowest BCUT2D eigenvalue weighted by atomic mass is 10.1. The molecule has 0 fully saturated rings. The predicted molar refractivity (Wildman–Crippen MR) is 92.6 cm³/mol. The van der Waals surface area contributed by atoms with Crippen molar-refractivity contribution in [2.24, 2.45) is 0 Å². The van der Waals surface area contributed by atoms with Crippen molar-refractivity contribution in [2.75, 3.05) is 0 Å². The Balaban J connectivity index is 2.25. The zero-order chi connectivity index (χ0) is 16.1. The molecule has 116 valence electrons. The Hall–Kier alpha value is -1.74. The normalized spacial score (nSPS) is 10.5. The van der Waals surface area contributed by atoms with Crippen molar-refractivity contribution in [3.63, 3.8) is 0 Å². The molecule has 0 amide bonds. The first-order valence-electron chi connectivity index (χ1n) is 7.50. The number of carbonyl (C=O) groups is 1. The van der Waals surface area contributed by atoms with Crippen LogP contribution in [-0.2, 0) is 17.8 Å². The summed E-state index contributed by atoms with van der Waals surface area (Å²) in [6.07, 6.45) is 0.928. The summed E-state index contributed by atoms with van der Waals surface area (Å²) >= 11 is 1.28. The molecule has 2 aromatic rings. The van der Waals surface area contributed by atoms with Gasteiger partial charge in [0.05, 0.1) is 0 Å². The molecular formula is C19H22O2S.